The molecule has 2 amide bonds. The van der Waals surface area contributed by atoms with Crippen LogP contribution in [0.25, 0.3) is 10.9 Å². The van der Waals surface area contributed by atoms with Gasteiger partial charge in [-0.15, -0.1) is 0 Å². The Bertz CT molecular complexity index is 1250. The van der Waals surface area contributed by atoms with E-state index in [1.54, 1.807) is 9.80 Å². The number of hydrogen-bond acceptors (Lipinski definition) is 4. The zero-order valence-corrected chi connectivity index (χ0v) is 18.1. The van der Waals surface area contributed by atoms with E-state index in [1.807, 2.05) is 36.4 Å². The van der Waals surface area contributed by atoms with Gasteiger partial charge in [-0.3, -0.25) is 9.59 Å². The number of para-hydroxylation sites is 1. The van der Waals surface area contributed by atoms with Crippen molar-refractivity contribution in [2.45, 2.75) is 32.4 Å². The number of piperazine rings is 1. The number of benzene rings is 2. The van der Waals surface area contributed by atoms with Crippen LogP contribution >= 0.6 is 0 Å². The van der Waals surface area contributed by atoms with Crippen molar-refractivity contribution < 1.29 is 19.1 Å². The van der Waals surface area contributed by atoms with Gasteiger partial charge in [-0.2, -0.15) is 0 Å². The number of carbonyl (C=O) groups is 2. The Balaban J connectivity index is 1.52. The van der Waals surface area contributed by atoms with Gasteiger partial charge in [0.15, 0.2) is 11.5 Å². The van der Waals surface area contributed by atoms with Gasteiger partial charge in [0, 0.05) is 29.6 Å². The molecule has 3 aromatic rings. The van der Waals surface area contributed by atoms with Crippen molar-refractivity contribution in [3.63, 3.8) is 0 Å². The predicted octanol–water partition coefficient (Wildman–Crippen LogP) is 3.24. The van der Waals surface area contributed by atoms with Crippen LogP contribution in [0, 0.1) is 5.92 Å². The number of nitrogens with zero attached hydrogens (tertiary/aromatic N) is 2. The van der Waals surface area contributed by atoms with Gasteiger partial charge in [0.2, 0.25) is 18.6 Å². The van der Waals surface area contributed by atoms with E-state index in [4.69, 9.17) is 9.47 Å². The molecule has 32 heavy (non-hydrogen) atoms. The molecule has 1 N–H and O–H groups in total. The number of aromatic amines is 1. The molecule has 7 heteroatoms. The SMILES string of the molecule is CC(C)CN1CC(=O)N2C(c3ccc4c(c3)OCO4)c3[nH]c4ccccc4c3C[C@@H]2C1=O. The second-order valence-corrected chi connectivity index (χ2v) is 9.21. The van der Waals surface area contributed by atoms with Gasteiger partial charge in [0.1, 0.15) is 6.04 Å². The summed E-state index contributed by atoms with van der Waals surface area (Å²) in [5.41, 5.74) is 4.00. The van der Waals surface area contributed by atoms with Gasteiger partial charge >= 0.3 is 0 Å². The molecule has 3 aliphatic rings. The summed E-state index contributed by atoms with van der Waals surface area (Å²) in [5.74, 6) is 1.67. The monoisotopic (exact) mass is 431 g/mol. The molecule has 2 atom stereocenters. The lowest BCUT2D eigenvalue weighted by molar-refractivity contribution is -0.159. The zero-order chi connectivity index (χ0) is 22.0. The molecule has 1 unspecified atom stereocenters. The van der Waals surface area contributed by atoms with Crippen LogP contribution in [-0.2, 0) is 16.0 Å². The molecule has 3 aliphatic heterocycles. The third-order valence-electron chi connectivity index (χ3n) is 6.64. The van der Waals surface area contributed by atoms with Crippen molar-refractivity contribution in [3.05, 3.63) is 59.3 Å². The highest BCUT2D eigenvalue weighted by atomic mass is 16.7. The second-order valence-electron chi connectivity index (χ2n) is 9.21. The number of H-pyrrole nitrogens is 1. The fourth-order valence-corrected chi connectivity index (χ4v) is 5.35. The molecule has 1 saturated heterocycles. The van der Waals surface area contributed by atoms with Crippen molar-refractivity contribution in [2.75, 3.05) is 19.9 Å². The molecule has 0 aliphatic carbocycles. The lowest BCUT2D eigenvalue weighted by atomic mass is 9.86. The molecule has 0 radical (unpaired) electrons. The van der Waals surface area contributed by atoms with E-state index in [1.165, 1.54) is 0 Å². The summed E-state index contributed by atoms with van der Waals surface area (Å²) in [6.45, 7) is 5.03. The van der Waals surface area contributed by atoms with E-state index in [-0.39, 0.29) is 31.2 Å². The first-order chi connectivity index (χ1) is 15.5. The quantitative estimate of drug-likeness (QED) is 0.691. The van der Waals surface area contributed by atoms with Crippen LogP contribution in [0.4, 0.5) is 0 Å². The topological polar surface area (TPSA) is 74.9 Å². The highest BCUT2D eigenvalue weighted by Gasteiger charge is 2.48. The number of carbonyl (C=O) groups excluding carboxylic acids is 2. The van der Waals surface area contributed by atoms with Crippen molar-refractivity contribution in [3.8, 4) is 11.5 Å². The number of ether oxygens (including phenoxy) is 2. The fourth-order valence-electron chi connectivity index (χ4n) is 5.35. The minimum Gasteiger partial charge on any atom is -0.454 e. The highest BCUT2D eigenvalue weighted by Crippen LogP contribution is 2.44. The van der Waals surface area contributed by atoms with Gasteiger partial charge in [-0.05, 0) is 35.2 Å². The second kappa shape index (κ2) is 7.02. The van der Waals surface area contributed by atoms with E-state index >= 15 is 0 Å². The summed E-state index contributed by atoms with van der Waals surface area (Å²) >= 11 is 0. The maximum absolute atomic E-state index is 13.5. The Labute approximate surface area is 185 Å². The lowest BCUT2D eigenvalue weighted by Gasteiger charge is -2.47. The van der Waals surface area contributed by atoms with Gasteiger partial charge in [0.25, 0.3) is 0 Å². The smallest absolute Gasteiger partial charge is 0.246 e. The Morgan fingerprint density at radius 1 is 1.09 bits per heavy atom. The Kier molecular flexibility index (Phi) is 4.22. The molecule has 6 rings (SSSR count). The Morgan fingerprint density at radius 2 is 1.91 bits per heavy atom. The Morgan fingerprint density at radius 3 is 2.75 bits per heavy atom. The standard InChI is InChI=1S/C25H25N3O4/c1-14(2)11-27-12-22(29)28-19(25(27)30)10-17-16-5-3-4-6-18(16)26-23(17)24(28)15-7-8-20-21(9-15)32-13-31-20/h3-9,14,19,24,26H,10-13H2,1-2H3/t19-,24?/m1/s1. The van der Waals surface area contributed by atoms with Crippen LogP contribution in [0.2, 0.25) is 0 Å². The number of nitrogens with one attached hydrogen (secondary N) is 1. The number of rotatable bonds is 3. The number of aromatic nitrogens is 1. The zero-order valence-electron chi connectivity index (χ0n) is 18.1. The highest BCUT2D eigenvalue weighted by molar-refractivity contribution is 5.97. The third kappa shape index (κ3) is 2.80. The maximum atomic E-state index is 13.5. The first-order valence-corrected chi connectivity index (χ1v) is 11.1. The van der Waals surface area contributed by atoms with Crippen LogP contribution in [0.15, 0.2) is 42.5 Å². The van der Waals surface area contributed by atoms with Crippen LogP contribution in [0.3, 0.4) is 0 Å². The minimum atomic E-state index is -0.517. The summed E-state index contributed by atoms with van der Waals surface area (Å²) in [5, 5.41) is 1.11. The van der Waals surface area contributed by atoms with Crippen molar-refractivity contribution in [1.82, 2.24) is 14.8 Å². The number of amides is 2. The van der Waals surface area contributed by atoms with E-state index in [2.05, 4.69) is 24.9 Å². The molecular formula is C25H25N3O4. The van der Waals surface area contributed by atoms with E-state index < -0.39 is 6.04 Å². The molecule has 0 spiro atoms. The lowest BCUT2D eigenvalue weighted by Crippen LogP contribution is -2.63. The molecule has 4 heterocycles. The normalized spacial score (nSPS) is 22.0. The van der Waals surface area contributed by atoms with Crippen LogP contribution < -0.4 is 9.47 Å². The summed E-state index contributed by atoms with van der Waals surface area (Å²) in [6, 6.07) is 13.0. The molecular weight excluding hydrogens is 406 g/mol. The van der Waals surface area contributed by atoms with Gasteiger partial charge < -0.3 is 24.3 Å². The number of fused-ring (bicyclic) bond motifs is 5. The van der Waals surface area contributed by atoms with Gasteiger partial charge in [-0.25, -0.2) is 0 Å². The van der Waals surface area contributed by atoms with Crippen molar-refractivity contribution >= 4 is 22.7 Å². The maximum Gasteiger partial charge on any atom is 0.246 e. The Hall–Kier alpha value is -3.48. The summed E-state index contributed by atoms with van der Waals surface area (Å²) in [7, 11) is 0. The first kappa shape index (κ1) is 19.2. The van der Waals surface area contributed by atoms with Crippen LogP contribution in [-0.4, -0.2) is 52.5 Å². The van der Waals surface area contributed by atoms with Crippen molar-refractivity contribution in [1.29, 1.82) is 0 Å². The third-order valence-corrected chi connectivity index (χ3v) is 6.64. The van der Waals surface area contributed by atoms with E-state index in [9.17, 15) is 9.59 Å². The average molecular weight is 431 g/mol. The van der Waals surface area contributed by atoms with Gasteiger partial charge in [-0.1, -0.05) is 38.1 Å². The molecule has 7 nitrogen and oxygen atoms in total. The van der Waals surface area contributed by atoms with Gasteiger partial charge in [0.05, 0.1) is 12.6 Å². The summed E-state index contributed by atoms with van der Waals surface area (Å²) in [4.78, 5) is 34.1. The molecule has 0 bridgehead atoms. The fraction of sp³-hybridized carbons (Fsp3) is 0.360. The molecule has 164 valence electrons. The van der Waals surface area contributed by atoms with Crippen LogP contribution in [0.5, 0.6) is 11.5 Å². The van der Waals surface area contributed by atoms with Crippen LogP contribution in [0.1, 0.15) is 36.7 Å². The first-order valence-electron chi connectivity index (χ1n) is 11.1. The average Bonchev–Trinajstić information content (AvgIpc) is 3.39. The largest absolute Gasteiger partial charge is 0.454 e. The van der Waals surface area contributed by atoms with E-state index in [0.717, 1.165) is 27.7 Å². The van der Waals surface area contributed by atoms with E-state index in [0.29, 0.717) is 30.4 Å². The number of hydrogen-bond donors (Lipinski definition) is 1. The molecule has 1 aromatic heterocycles. The molecule has 0 saturated carbocycles. The predicted molar refractivity (Wildman–Crippen MR) is 118 cm³/mol. The summed E-state index contributed by atoms with van der Waals surface area (Å²) in [6.07, 6.45) is 0.513. The molecule has 1 fully saturated rings. The summed E-state index contributed by atoms with van der Waals surface area (Å²) < 4.78 is 11.1. The van der Waals surface area contributed by atoms with Crippen molar-refractivity contribution in [2.24, 2.45) is 5.92 Å². The minimum absolute atomic E-state index is 0.0257. The molecule has 2 aromatic carbocycles.